The Morgan fingerprint density at radius 1 is 1.11 bits per heavy atom. The molecule has 1 heterocycles. The van der Waals surface area contributed by atoms with Crippen molar-refractivity contribution in [3.05, 3.63) is 36.7 Å². The van der Waals surface area contributed by atoms with Crippen LogP contribution in [0.1, 0.15) is 0 Å². The average Bonchev–Trinajstić information content (AvgIpc) is 2.48. The van der Waals surface area contributed by atoms with Gasteiger partial charge in [-0.05, 0) is 17.7 Å². The average molecular weight is 259 g/mol. The highest BCUT2D eigenvalue weighted by Gasteiger charge is 2.04. The van der Waals surface area contributed by atoms with Crippen LogP contribution in [0.4, 0.5) is 5.95 Å². The summed E-state index contributed by atoms with van der Waals surface area (Å²) in [6.45, 7) is 0.599. The summed E-state index contributed by atoms with van der Waals surface area (Å²) in [5, 5.41) is 8.87. The van der Waals surface area contributed by atoms with E-state index in [0.29, 0.717) is 12.5 Å². The topological polar surface area (TPSA) is 58.5 Å². The first-order chi connectivity index (χ1) is 9.24. The normalized spacial score (nSPS) is 10.3. The van der Waals surface area contributed by atoms with E-state index in [2.05, 4.69) is 9.97 Å². The largest absolute Gasteiger partial charge is 0.497 e. The number of anilines is 1. The van der Waals surface area contributed by atoms with Gasteiger partial charge in [0.2, 0.25) is 5.95 Å². The van der Waals surface area contributed by atoms with Crippen LogP contribution in [-0.4, -0.2) is 42.4 Å². The van der Waals surface area contributed by atoms with Crippen LogP contribution < -0.4 is 9.64 Å². The lowest BCUT2D eigenvalue weighted by molar-refractivity contribution is 0.303. The summed E-state index contributed by atoms with van der Waals surface area (Å²) in [5.41, 5.74) is 1.99. The summed E-state index contributed by atoms with van der Waals surface area (Å²) >= 11 is 0. The molecule has 0 bridgehead atoms. The van der Waals surface area contributed by atoms with E-state index in [9.17, 15) is 0 Å². The molecule has 0 atom stereocenters. The molecule has 5 heteroatoms. The van der Waals surface area contributed by atoms with E-state index in [1.807, 2.05) is 31.3 Å². The first-order valence-electron chi connectivity index (χ1n) is 6.03. The predicted molar refractivity (Wildman–Crippen MR) is 74.4 cm³/mol. The number of nitrogens with zero attached hydrogens (tertiary/aromatic N) is 3. The van der Waals surface area contributed by atoms with Gasteiger partial charge in [-0.15, -0.1) is 0 Å². The number of hydrogen-bond donors (Lipinski definition) is 1. The van der Waals surface area contributed by atoms with Crippen molar-refractivity contribution in [2.24, 2.45) is 0 Å². The van der Waals surface area contributed by atoms with Crippen molar-refractivity contribution in [2.45, 2.75) is 0 Å². The van der Waals surface area contributed by atoms with E-state index in [1.54, 1.807) is 24.4 Å². The third kappa shape index (κ3) is 3.20. The highest BCUT2D eigenvalue weighted by molar-refractivity contribution is 5.62. The van der Waals surface area contributed by atoms with E-state index in [-0.39, 0.29) is 6.61 Å². The molecule has 2 rings (SSSR count). The SMILES string of the molecule is COc1ccc(-c2cnc(N(C)CCO)nc2)cc1. The molecule has 0 aliphatic carbocycles. The van der Waals surface area contributed by atoms with Crippen LogP contribution in [0.3, 0.4) is 0 Å². The second-order valence-electron chi connectivity index (χ2n) is 4.15. The minimum absolute atomic E-state index is 0.0834. The van der Waals surface area contributed by atoms with Crippen molar-refractivity contribution in [2.75, 3.05) is 32.2 Å². The molecular weight excluding hydrogens is 242 g/mol. The Kier molecular flexibility index (Phi) is 4.30. The second kappa shape index (κ2) is 6.15. The summed E-state index contributed by atoms with van der Waals surface area (Å²) in [5.74, 6) is 1.43. The van der Waals surface area contributed by atoms with Crippen molar-refractivity contribution < 1.29 is 9.84 Å². The number of methoxy groups -OCH3 is 1. The van der Waals surface area contributed by atoms with Gasteiger partial charge in [0.15, 0.2) is 0 Å². The minimum atomic E-state index is 0.0834. The van der Waals surface area contributed by atoms with E-state index >= 15 is 0 Å². The van der Waals surface area contributed by atoms with Gasteiger partial charge in [-0.3, -0.25) is 0 Å². The molecule has 0 saturated heterocycles. The van der Waals surface area contributed by atoms with Crippen LogP contribution in [-0.2, 0) is 0 Å². The Labute approximate surface area is 112 Å². The van der Waals surface area contributed by atoms with Crippen LogP contribution in [0.25, 0.3) is 11.1 Å². The number of hydrogen-bond acceptors (Lipinski definition) is 5. The molecule has 5 nitrogen and oxygen atoms in total. The Bertz CT molecular complexity index is 511. The lowest BCUT2D eigenvalue weighted by atomic mass is 10.1. The third-order valence-electron chi connectivity index (χ3n) is 2.84. The summed E-state index contributed by atoms with van der Waals surface area (Å²) in [6.07, 6.45) is 3.55. The van der Waals surface area contributed by atoms with E-state index < -0.39 is 0 Å². The molecule has 0 saturated carbocycles. The van der Waals surface area contributed by atoms with Gasteiger partial charge in [0.05, 0.1) is 13.7 Å². The lowest BCUT2D eigenvalue weighted by Crippen LogP contribution is -2.23. The molecule has 0 amide bonds. The fraction of sp³-hybridized carbons (Fsp3) is 0.286. The van der Waals surface area contributed by atoms with Gasteiger partial charge in [-0.25, -0.2) is 9.97 Å². The number of ether oxygens (including phenoxy) is 1. The molecule has 0 fully saturated rings. The number of likely N-dealkylation sites (N-methyl/N-ethyl adjacent to an activating group) is 1. The van der Waals surface area contributed by atoms with Crippen LogP contribution >= 0.6 is 0 Å². The Morgan fingerprint density at radius 3 is 2.26 bits per heavy atom. The van der Waals surface area contributed by atoms with Crippen molar-refractivity contribution in [3.63, 3.8) is 0 Å². The van der Waals surface area contributed by atoms with Crippen LogP contribution in [0, 0.1) is 0 Å². The molecule has 0 spiro atoms. The van der Waals surface area contributed by atoms with Gasteiger partial charge in [0.1, 0.15) is 5.75 Å². The molecular formula is C14H17N3O2. The molecule has 0 aliphatic rings. The van der Waals surface area contributed by atoms with Crippen LogP contribution in [0.15, 0.2) is 36.7 Å². The monoisotopic (exact) mass is 259 g/mol. The Morgan fingerprint density at radius 2 is 1.74 bits per heavy atom. The fourth-order valence-corrected chi connectivity index (χ4v) is 1.70. The zero-order valence-electron chi connectivity index (χ0n) is 11.1. The van der Waals surface area contributed by atoms with Crippen molar-refractivity contribution in [1.29, 1.82) is 0 Å². The zero-order valence-corrected chi connectivity index (χ0v) is 11.1. The highest BCUT2D eigenvalue weighted by atomic mass is 16.5. The zero-order chi connectivity index (χ0) is 13.7. The lowest BCUT2D eigenvalue weighted by Gasteiger charge is -2.15. The standard InChI is InChI=1S/C14H17N3O2/c1-17(7-8-18)14-15-9-12(10-16-14)11-3-5-13(19-2)6-4-11/h3-6,9-10,18H,7-8H2,1-2H3. The third-order valence-corrected chi connectivity index (χ3v) is 2.84. The maximum absolute atomic E-state index is 8.87. The van der Waals surface area contributed by atoms with E-state index in [1.165, 1.54) is 0 Å². The van der Waals surface area contributed by atoms with Crippen molar-refractivity contribution in [3.8, 4) is 16.9 Å². The Hall–Kier alpha value is -2.14. The van der Waals surface area contributed by atoms with Crippen LogP contribution in [0.2, 0.25) is 0 Å². The number of aliphatic hydroxyl groups is 1. The van der Waals surface area contributed by atoms with Gasteiger partial charge in [-0.1, -0.05) is 12.1 Å². The Balaban J connectivity index is 2.17. The van der Waals surface area contributed by atoms with Gasteiger partial charge < -0.3 is 14.7 Å². The maximum atomic E-state index is 8.87. The second-order valence-corrected chi connectivity index (χ2v) is 4.15. The molecule has 100 valence electrons. The molecule has 1 aromatic carbocycles. The molecule has 0 unspecified atom stereocenters. The first kappa shape index (κ1) is 13.3. The summed E-state index contributed by atoms with van der Waals surface area (Å²) in [4.78, 5) is 10.4. The van der Waals surface area contributed by atoms with Crippen LogP contribution in [0.5, 0.6) is 5.75 Å². The van der Waals surface area contributed by atoms with Crippen molar-refractivity contribution >= 4 is 5.95 Å². The van der Waals surface area contributed by atoms with E-state index in [0.717, 1.165) is 16.9 Å². The molecule has 2 aromatic rings. The predicted octanol–water partition coefficient (Wildman–Crippen LogP) is 1.58. The number of rotatable bonds is 5. The van der Waals surface area contributed by atoms with Gasteiger partial charge >= 0.3 is 0 Å². The van der Waals surface area contributed by atoms with Gasteiger partial charge in [-0.2, -0.15) is 0 Å². The summed E-state index contributed by atoms with van der Waals surface area (Å²) in [6, 6.07) is 7.74. The smallest absolute Gasteiger partial charge is 0.225 e. The quantitative estimate of drug-likeness (QED) is 0.883. The molecule has 1 aromatic heterocycles. The summed E-state index contributed by atoms with van der Waals surface area (Å²) < 4.78 is 5.12. The number of aromatic nitrogens is 2. The fourth-order valence-electron chi connectivity index (χ4n) is 1.70. The van der Waals surface area contributed by atoms with E-state index in [4.69, 9.17) is 9.84 Å². The molecule has 0 radical (unpaired) electrons. The minimum Gasteiger partial charge on any atom is -0.497 e. The molecule has 0 aliphatic heterocycles. The maximum Gasteiger partial charge on any atom is 0.225 e. The molecule has 1 N–H and O–H groups in total. The highest BCUT2D eigenvalue weighted by Crippen LogP contribution is 2.21. The number of benzene rings is 1. The molecule has 19 heavy (non-hydrogen) atoms. The van der Waals surface area contributed by atoms with Crippen molar-refractivity contribution in [1.82, 2.24) is 9.97 Å². The first-order valence-corrected chi connectivity index (χ1v) is 6.03. The van der Waals surface area contributed by atoms with Gasteiger partial charge in [0.25, 0.3) is 0 Å². The van der Waals surface area contributed by atoms with Gasteiger partial charge in [0, 0.05) is 31.5 Å². The summed E-state index contributed by atoms with van der Waals surface area (Å²) in [7, 11) is 3.49. The number of aliphatic hydroxyl groups excluding tert-OH is 1.